The minimum absolute atomic E-state index is 0.102. The van der Waals surface area contributed by atoms with Crippen LogP contribution in [0.1, 0.15) is 21.7 Å². The van der Waals surface area contributed by atoms with E-state index in [2.05, 4.69) is 5.10 Å². The second-order valence-electron chi connectivity index (χ2n) is 3.82. The lowest BCUT2D eigenvalue weighted by atomic mass is 10.2. The first kappa shape index (κ1) is 12.8. The quantitative estimate of drug-likeness (QED) is 0.355. The molecule has 0 saturated carbocycles. The zero-order chi connectivity index (χ0) is 14.0. The van der Waals surface area contributed by atoms with Crippen LogP contribution in [-0.4, -0.2) is 20.6 Å². The average molecular weight is 265 g/mol. The molecule has 0 saturated heterocycles. The SMILES string of the molecule is Cc1cn(Cc2occc2C(=O)NN)nc1[N+](=O)[O-]. The first-order chi connectivity index (χ1) is 9.02. The number of nitro groups is 1. The smallest absolute Gasteiger partial charge is 0.392 e. The molecule has 19 heavy (non-hydrogen) atoms. The van der Waals surface area contributed by atoms with Crippen molar-refractivity contribution in [3.05, 3.63) is 45.5 Å². The van der Waals surface area contributed by atoms with Crippen molar-refractivity contribution in [1.82, 2.24) is 15.2 Å². The van der Waals surface area contributed by atoms with Gasteiger partial charge in [-0.15, -0.1) is 0 Å². The van der Waals surface area contributed by atoms with Crippen LogP contribution >= 0.6 is 0 Å². The fourth-order valence-corrected chi connectivity index (χ4v) is 1.66. The Labute approximate surface area is 107 Å². The third-order valence-electron chi connectivity index (χ3n) is 2.52. The number of aryl methyl sites for hydroxylation is 1. The van der Waals surface area contributed by atoms with Crippen LogP contribution in [0.25, 0.3) is 0 Å². The monoisotopic (exact) mass is 265 g/mol. The number of aromatic nitrogens is 2. The highest BCUT2D eigenvalue weighted by atomic mass is 16.6. The molecule has 2 rings (SSSR count). The molecular formula is C10H11N5O4. The van der Waals surface area contributed by atoms with Crippen LogP contribution in [0.15, 0.2) is 22.9 Å². The van der Waals surface area contributed by atoms with Crippen LogP contribution < -0.4 is 11.3 Å². The van der Waals surface area contributed by atoms with Crippen molar-refractivity contribution in [2.75, 3.05) is 0 Å². The van der Waals surface area contributed by atoms with E-state index in [0.29, 0.717) is 11.3 Å². The van der Waals surface area contributed by atoms with Crippen molar-refractivity contribution in [1.29, 1.82) is 0 Å². The molecule has 0 spiro atoms. The predicted molar refractivity (Wildman–Crippen MR) is 63.1 cm³/mol. The molecular weight excluding hydrogens is 254 g/mol. The van der Waals surface area contributed by atoms with Gasteiger partial charge in [-0.25, -0.2) is 5.84 Å². The molecule has 3 N–H and O–H groups in total. The van der Waals surface area contributed by atoms with Gasteiger partial charge in [0.25, 0.3) is 5.91 Å². The molecule has 0 atom stereocenters. The van der Waals surface area contributed by atoms with Gasteiger partial charge in [0.1, 0.15) is 12.3 Å². The Morgan fingerprint density at radius 2 is 2.42 bits per heavy atom. The van der Waals surface area contributed by atoms with Gasteiger partial charge in [-0.1, -0.05) is 0 Å². The van der Waals surface area contributed by atoms with E-state index in [1.165, 1.54) is 23.2 Å². The summed E-state index contributed by atoms with van der Waals surface area (Å²) in [6.45, 7) is 1.68. The number of nitrogens with two attached hydrogens (primary N) is 1. The Morgan fingerprint density at radius 1 is 1.68 bits per heavy atom. The first-order valence-corrected chi connectivity index (χ1v) is 5.28. The molecule has 0 aliphatic heterocycles. The number of amides is 1. The molecule has 9 heteroatoms. The van der Waals surface area contributed by atoms with Gasteiger partial charge >= 0.3 is 5.82 Å². The summed E-state index contributed by atoms with van der Waals surface area (Å²) in [5.41, 5.74) is 2.69. The number of hydrogen-bond donors (Lipinski definition) is 2. The van der Waals surface area contributed by atoms with Gasteiger partial charge in [0, 0.05) is 0 Å². The summed E-state index contributed by atoms with van der Waals surface area (Å²) in [4.78, 5) is 21.5. The summed E-state index contributed by atoms with van der Waals surface area (Å²) in [7, 11) is 0. The van der Waals surface area contributed by atoms with Gasteiger partial charge in [-0.05, 0) is 17.9 Å². The maximum absolute atomic E-state index is 11.4. The highest BCUT2D eigenvalue weighted by molar-refractivity contribution is 5.94. The Balaban J connectivity index is 2.27. The summed E-state index contributed by atoms with van der Waals surface area (Å²) in [5.74, 6) is 4.64. The lowest BCUT2D eigenvalue weighted by Crippen LogP contribution is -2.30. The number of nitrogens with zero attached hydrogens (tertiary/aromatic N) is 3. The van der Waals surface area contributed by atoms with Crippen molar-refractivity contribution in [3.8, 4) is 0 Å². The summed E-state index contributed by atoms with van der Waals surface area (Å²) in [6, 6.07) is 1.46. The topological polar surface area (TPSA) is 129 Å². The second kappa shape index (κ2) is 4.90. The van der Waals surface area contributed by atoms with Crippen LogP contribution in [0.3, 0.4) is 0 Å². The Bertz CT molecular complexity index is 630. The highest BCUT2D eigenvalue weighted by Crippen LogP contribution is 2.17. The minimum Gasteiger partial charge on any atom is -0.466 e. The molecule has 0 radical (unpaired) electrons. The molecule has 0 unspecified atom stereocenters. The van der Waals surface area contributed by atoms with E-state index in [1.54, 1.807) is 6.92 Å². The van der Waals surface area contributed by atoms with E-state index in [9.17, 15) is 14.9 Å². The van der Waals surface area contributed by atoms with Gasteiger partial charge in [-0.2, -0.15) is 4.68 Å². The lowest BCUT2D eigenvalue weighted by Gasteiger charge is -1.99. The number of nitrogen functional groups attached to an aromatic ring is 1. The summed E-state index contributed by atoms with van der Waals surface area (Å²) in [6.07, 6.45) is 2.84. The molecule has 2 aromatic heterocycles. The third-order valence-corrected chi connectivity index (χ3v) is 2.52. The van der Waals surface area contributed by atoms with E-state index in [-0.39, 0.29) is 17.9 Å². The normalized spacial score (nSPS) is 10.4. The van der Waals surface area contributed by atoms with E-state index in [1.807, 2.05) is 5.43 Å². The summed E-state index contributed by atoms with van der Waals surface area (Å²) in [5, 5.41) is 14.5. The van der Waals surface area contributed by atoms with Crippen LogP contribution in [0.4, 0.5) is 5.82 Å². The van der Waals surface area contributed by atoms with Crippen molar-refractivity contribution < 1.29 is 14.1 Å². The summed E-state index contributed by atoms with van der Waals surface area (Å²) >= 11 is 0. The lowest BCUT2D eigenvalue weighted by molar-refractivity contribution is -0.390. The molecule has 2 aromatic rings. The number of nitrogens with one attached hydrogen (secondary N) is 1. The number of carbonyl (C=O) groups excluding carboxylic acids is 1. The minimum atomic E-state index is -0.568. The van der Waals surface area contributed by atoms with Crippen LogP contribution in [0, 0.1) is 17.0 Å². The van der Waals surface area contributed by atoms with Gasteiger partial charge in [0.05, 0.1) is 28.7 Å². The molecule has 2 heterocycles. The molecule has 9 nitrogen and oxygen atoms in total. The van der Waals surface area contributed by atoms with Crippen LogP contribution in [0.5, 0.6) is 0 Å². The maximum atomic E-state index is 11.4. The van der Waals surface area contributed by atoms with E-state index >= 15 is 0 Å². The Kier molecular flexibility index (Phi) is 3.29. The van der Waals surface area contributed by atoms with Crippen molar-refractivity contribution in [2.45, 2.75) is 13.5 Å². The molecule has 100 valence electrons. The number of rotatable bonds is 4. The largest absolute Gasteiger partial charge is 0.466 e. The molecule has 1 amide bonds. The van der Waals surface area contributed by atoms with Gasteiger partial charge < -0.3 is 14.5 Å². The predicted octanol–water partition coefficient (Wildman–Crippen LogP) is 0.345. The van der Waals surface area contributed by atoms with Crippen molar-refractivity contribution in [2.24, 2.45) is 5.84 Å². The summed E-state index contributed by atoms with van der Waals surface area (Å²) < 4.78 is 6.49. The van der Waals surface area contributed by atoms with Gasteiger partial charge in [-0.3, -0.25) is 10.2 Å². The third kappa shape index (κ3) is 2.45. The zero-order valence-corrected chi connectivity index (χ0v) is 9.99. The second-order valence-corrected chi connectivity index (χ2v) is 3.82. The van der Waals surface area contributed by atoms with Gasteiger partial charge in [0.2, 0.25) is 0 Å². The van der Waals surface area contributed by atoms with Gasteiger partial charge in [0.15, 0.2) is 0 Å². The van der Waals surface area contributed by atoms with Crippen molar-refractivity contribution in [3.63, 3.8) is 0 Å². The Morgan fingerprint density at radius 3 is 3.00 bits per heavy atom. The zero-order valence-electron chi connectivity index (χ0n) is 9.99. The molecule has 0 aromatic carbocycles. The first-order valence-electron chi connectivity index (χ1n) is 5.28. The van der Waals surface area contributed by atoms with E-state index in [0.717, 1.165) is 0 Å². The number of hydrogen-bond acceptors (Lipinski definition) is 6. The fraction of sp³-hybridized carbons (Fsp3) is 0.200. The van der Waals surface area contributed by atoms with Crippen LogP contribution in [-0.2, 0) is 6.54 Å². The molecule has 0 bridgehead atoms. The van der Waals surface area contributed by atoms with Crippen LogP contribution in [0.2, 0.25) is 0 Å². The Hall–Kier alpha value is -2.68. The van der Waals surface area contributed by atoms with E-state index < -0.39 is 10.8 Å². The molecule has 0 aliphatic rings. The van der Waals surface area contributed by atoms with Crippen molar-refractivity contribution >= 4 is 11.7 Å². The number of carbonyl (C=O) groups is 1. The number of furan rings is 1. The fourth-order valence-electron chi connectivity index (χ4n) is 1.66. The molecule has 0 aliphatic carbocycles. The maximum Gasteiger partial charge on any atom is 0.392 e. The number of hydrazine groups is 1. The standard InChI is InChI=1S/C10H11N5O4/c1-6-4-14(13-9(6)15(17)18)5-8-7(2-3-19-8)10(16)12-11/h2-4H,5,11H2,1H3,(H,12,16). The van der Waals surface area contributed by atoms with E-state index in [4.69, 9.17) is 10.3 Å². The highest BCUT2D eigenvalue weighted by Gasteiger charge is 2.20. The average Bonchev–Trinajstić information content (AvgIpc) is 2.95. The molecule has 0 fully saturated rings.